The maximum atomic E-state index is 15.5. The van der Waals surface area contributed by atoms with Gasteiger partial charge in [0.2, 0.25) is 0 Å². The van der Waals surface area contributed by atoms with E-state index in [0.29, 0.717) is 45.7 Å². The lowest BCUT2D eigenvalue weighted by Gasteiger charge is -2.35. The Labute approximate surface area is 523 Å². The van der Waals surface area contributed by atoms with Gasteiger partial charge in [-0.3, -0.25) is 4.79 Å². The molecule has 0 radical (unpaired) electrons. The van der Waals surface area contributed by atoms with E-state index in [1.807, 2.05) is 127 Å². The Kier molecular flexibility index (Phi) is 11.6. The highest BCUT2D eigenvalue weighted by Gasteiger charge is 2.37. The van der Waals surface area contributed by atoms with Crippen molar-refractivity contribution in [3.05, 3.63) is 300 Å². The van der Waals surface area contributed by atoms with Gasteiger partial charge in [0.15, 0.2) is 40.4 Å². The van der Waals surface area contributed by atoms with Crippen molar-refractivity contribution in [1.29, 1.82) is 0 Å². The summed E-state index contributed by atoms with van der Waals surface area (Å²) >= 11 is 0. The molecule has 91 heavy (non-hydrogen) atoms. The fourth-order valence-corrected chi connectivity index (χ4v) is 14.0. The summed E-state index contributed by atoms with van der Waals surface area (Å²) in [7, 11) is 0. The standard InChI is InChI=1S/C82H52N8O/c1-82(2)67-47-58(80-85-76(50-23-10-4-11-24-50)83-77(86-80)51-25-12-5-13-26-51)37-40-72(67)90-70-38-35-56(49-21-8-3-9-22-49)42-62(70)64-44-59(48-68(82)74(64)90)55-32-20-31-54(41-55)57-36-39-71-65(43-57)75(91)66-46-60(45-63-61-33-18-19-34-69(61)89(71)73(63)66)81-87-78(52-27-14-6-15-28-52)84-79(88-81)53-29-16-7-17-30-53/h3-48H,1-2H3. The summed E-state index contributed by atoms with van der Waals surface area (Å²) in [4.78, 5) is 46.1. The van der Waals surface area contributed by atoms with E-state index >= 15 is 4.79 Å². The normalized spacial score (nSPS) is 12.6. The third-order valence-electron chi connectivity index (χ3n) is 18.5. The van der Waals surface area contributed by atoms with Crippen LogP contribution in [0.5, 0.6) is 0 Å². The van der Waals surface area contributed by atoms with Gasteiger partial charge in [0.1, 0.15) is 0 Å². The molecule has 5 aromatic heterocycles. The molecule has 9 heteroatoms. The number of hydrogen-bond donors (Lipinski definition) is 0. The van der Waals surface area contributed by atoms with E-state index in [9.17, 15) is 0 Å². The Morgan fingerprint density at radius 2 is 0.659 bits per heavy atom. The smallest absolute Gasteiger partial charge is 0.197 e. The second-order valence-corrected chi connectivity index (χ2v) is 24.2. The Morgan fingerprint density at radius 1 is 0.264 bits per heavy atom. The van der Waals surface area contributed by atoms with Gasteiger partial charge in [-0.25, -0.2) is 29.9 Å². The molecule has 0 bridgehead atoms. The lowest BCUT2D eigenvalue weighted by atomic mass is 9.73. The number of benzene rings is 12. The molecule has 426 valence electrons. The van der Waals surface area contributed by atoms with Gasteiger partial charge < -0.3 is 8.97 Å². The maximum Gasteiger partial charge on any atom is 0.197 e. The molecule has 0 amide bonds. The van der Waals surface area contributed by atoms with Crippen LogP contribution in [0.4, 0.5) is 0 Å². The average Bonchev–Trinajstić information content (AvgIpc) is 1.64. The van der Waals surface area contributed by atoms with Crippen LogP contribution in [-0.4, -0.2) is 38.9 Å². The highest BCUT2D eigenvalue weighted by molar-refractivity contribution is 6.19. The van der Waals surface area contributed by atoms with E-state index in [0.717, 1.165) is 105 Å². The van der Waals surface area contributed by atoms with Gasteiger partial charge in [0.25, 0.3) is 0 Å². The molecule has 1 aliphatic heterocycles. The van der Waals surface area contributed by atoms with Crippen molar-refractivity contribution < 1.29 is 0 Å². The number of hydrogen-bond acceptors (Lipinski definition) is 7. The minimum Gasteiger partial charge on any atom is -0.309 e. The van der Waals surface area contributed by atoms with Gasteiger partial charge in [0.05, 0.1) is 33.3 Å². The number of pyridine rings is 1. The Balaban J connectivity index is 0.797. The summed E-state index contributed by atoms with van der Waals surface area (Å²) in [6.07, 6.45) is 0. The van der Waals surface area contributed by atoms with Crippen molar-refractivity contribution in [3.63, 3.8) is 0 Å². The largest absolute Gasteiger partial charge is 0.309 e. The summed E-state index contributed by atoms with van der Waals surface area (Å²) in [6, 6.07) is 96.9. The Morgan fingerprint density at radius 3 is 1.25 bits per heavy atom. The number of nitrogens with zero attached hydrogens (tertiary/aromatic N) is 8. The van der Waals surface area contributed by atoms with Gasteiger partial charge in [-0.1, -0.05) is 214 Å². The summed E-state index contributed by atoms with van der Waals surface area (Å²) in [5.41, 5.74) is 19.7. The van der Waals surface area contributed by atoms with Crippen molar-refractivity contribution >= 4 is 59.9 Å². The molecular formula is C82H52N8O. The minimum atomic E-state index is -0.484. The van der Waals surface area contributed by atoms with Crippen LogP contribution in [0.25, 0.3) is 167 Å². The zero-order valence-electron chi connectivity index (χ0n) is 49.5. The average molecular weight is 1170 g/mol. The van der Waals surface area contributed by atoms with Crippen LogP contribution < -0.4 is 5.43 Å². The first-order chi connectivity index (χ1) is 44.8. The number of para-hydroxylation sites is 1. The number of rotatable bonds is 9. The highest BCUT2D eigenvalue weighted by Crippen LogP contribution is 2.51. The lowest BCUT2D eigenvalue weighted by Crippen LogP contribution is -2.26. The van der Waals surface area contributed by atoms with Crippen LogP contribution in [0.2, 0.25) is 0 Å². The van der Waals surface area contributed by atoms with Crippen LogP contribution in [-0.2, 0) is 5.41 Å². The van der Waals surface area contributed by atoms with Crippen LogP contribution in [0, 0.1) is 0 Å². The first-order valence-electron chi connectivity index (χ1n) is 30.7. The third kappa shape index (κ3) is 8.35. The second kappa shape index (κ2) is 20.2. The van der Waals surface area contributed by atoms with E-state index < -0.39 is 5.41 Å². The molecule has 12 aromatic carbocycles. The van der Waals surface area contributed by atoms with Crippen molar-refractivity contribution in [3.8, 4) is 107 Å². The van der Waals surface area contributed by atoms with Gasteiger partial charge >= 0.3 is 0 Å². The second-order valence-electron chi connectivity index (χ2n) is 24.2. The van der Waals surface area contributed by atoms with E-state index in [4.69, 9.17) is 29.9 Å². The van der Waals surface area contributed by atoms with Crippen LogP contribution in [0.1, 0.15) is 25.0 Å². The summed E-state index contributed by atoms with van der Waals surface area (Å²) in [5, 5.41) is 5.57. The zero-order chi connectivity index (χ0) is 60.5. The van der Waals surface area contributed by atoms with Crippen molar-refractivity contribution in [2.75, 3.05) is 0 Å². The molecule has 0 spiro atoms. The third-order valence-corrected chi connectivity index (χ3v) is 18.5. The summed E-state index contributed by atoms with van der Waals surface area (Å²) < 4.78 is 4.73. The van der Waals surface area contributed by atoms with Crippen LogP contribution in [0.15, 0.2) is 284 Å². The summed E-state index contributed by atoms with van der Waals surface area (Å²) in [6.45, 7) is 4.70. The lowest BCUT2D eigenvalue weighted by molar-refractivity contribution is 0.630. The molecule has 9 nitrogen and oxygen atoms in total. The van der Waals surface area contributed by atoms with E-state index in [-0.39, 0.29) is 5.43 Å². The fourth-order valence-electron chi connectivity index (χ4n) is 14.0. The molecule has 0 fully saturated rings. The zero-order valence-corrected chi connectivity index (χ0v) is 49.5. The van der Waals surface area contributed by atoms with Crippen molar-refractivity contribution in [2.45, 2.75) is 19.3 Å². The molecule has 1 aliphatic rings. The van der Waals surface area contributed by atoms with E-state index in [1.54, 1.807) is 0 Å². The van der Waals surface area contributed by atoms with E-state index in [2.05, 4.69) is 174 Å². The SMILES string of the molecule is CC1(C)c2cc(-c3nc(-c4ccccc4)nc(-c4ccccc4)n3)ccc2-n2c3ccc(-c4ccccc4)cc3c3cc(-c4cccc(-c5ccc6c(c5)c(=O)c5cc(-c7nc(-c8ccccc8)nc(-c8ccccc8)n7)cc7c8ccccc8n6c57)c4)cc1c32. The van der Waals surface area contributed by atoms with E-state index in [1.165, 1.54) is 27.4 Å². The number of fused-ring (bicyclic) bond motifs is 10. The molecule has 0 N–H and O–H groups in total. The molecule has 0 unspecified atom stereocenters. The molecule has 18 rings (SSSR count). The number of aromatic nitrogens is 8. The van der Waals surface area contributed by atoms with Crippen LogP contribution in [0.3, 0.4) is 0 Å². The first kappa shape index (κ1) is 52.1. The van der Waals surface area contributed by atoms with Crippen molar-refractivity contribution in [1.82, 2.24) is 38.9 Å². The quantitative estimate of drug-likeness (QED) is 0.133. The highest BCUT2D eigenvalue weighted by atomic mass is 16.1. The molecule has 17 aromatic rings. The Hall–Kier alpha value is -12.1. The van der Waals surface area contributed by atoms with Gasteiger partial charge in [0, 0.05) is 71.1 Å². The molecule has 0 atom stereocenters. The molecular weight excluding hydrogens is 1110 g/mol. The topological polar surface area (TPSA) is 104 Å². The molecule has 0 saturated heterocycles. The maximum absolute atomic E-state index is 15.5. The Bertz CT molecular complexity index is 5750. The van der Waals surface area contributed by atoms with Gasteiger partial charge in [-0.2, -0.15) is 0 Å². The fraction of sp³-hybridized carbons (Fsp3) is 0.0366. The molecule has 0 aliphatic carbocycles. The molecule has 0 saturated carbocycles. The van der Waals surface area contributed by atoms with Gasteiger partial charge in [-0.05, 0) is 123 Å². The van der Waals surface area contributed by atoms with Crippen LogP contribution >= 0.6 is 0 Å². The minimum absolute atomic E-state index is 0.0546. The predicted molar refractivity (Wildman–Crippen MR) is 370 cm³/mol. The first-order valence-corrected chi connectivity index (χ1v) is 30.7. The van der Waals surface area contributed by atoms with Gasteiger partial charge in [-0.15, -0.1) is 0 Å². The summed E-state index contributed by atoms with van der Waals surface area (Å²) in [5.74, 6) is 3.47. The van der Waals surface area contributed by atoms with Crippen molar-refractivity contribution in [2.24, 2.45) is 0 Å². The molecule has 6 heterocycles. The predicted octanol–water partition coefficient (Wildman–Crippen LogP) is 19.3. The monoisotopic (exact) mass is 1160 g/mol.